The molecule has 0 saturated carbocycles. The number of carbonyl (C=O) groups excluding carboxylic acids is 2. The summed E-state index contributed by atoms with van der Waals surface area (Å²) in [6.45, 7) is 2.99. The van der Waals surface area contributed by atoms with E-state index in [1.165, 1.54) is 0 Å². The second kappa shape index (κ2) is 6.56. The van der Waals surface area contributed by atoms with Gasteiger partial charge in [0.2, 0.25) is 0 Å². The number of hydrogen-bond donors (Lipinski definition) is 2. The highest BCUT2D eigenvalue weighted by Crippen LogP contribution is 2.12. The van der Waals surface area contributed by atoms with Gasteiger partial charge in [0.15, 0.2) is 0 Å². The van der Waals surface area contributed by atoms with Crippen LogP contribution >= 0.6 is 0 Å². The molecule has 0 aliphatic heterocycles. The van der Waals surface area contributed by atoms with Gasteiger partial charge in [-0.15, -0.1) is 5.10 Å². The number of hydrogen-bond acceptors (Lipinski definition) is 6. The molecule has 9 heteroatoms. The van der Waals surface area contributed by atoms with Crippen molar-refractivity contribution in [2.45, 2.75) is 20.4 Å². The van der Waals surface area contributed by atoms with E-state index in [9.17, 15) is 14.4 Å². The van der Waals surface area contributed by atoms with Crippen molar-refractivity contribution in [1.82, 2.24) is 25.8 Å². The van der Waals surface area contributed by atoms with E-state index in [1.54, 1.807) is 44.2 Å². The maximum Gasteiger partial charge on any atom is 0.278 e. The van der Waals surface area contributed by atoms with Crippen LogP contribution in [0.25, 0.3) is 10.9 Å². The average Bonchev–Trinajstić information content (AvgIpc) is 2.94. The van der Waals surface area contributed by atoms with Crippen LogP contribution in [0.5, 0.6) is 0 Å². The van der Waals surface area contributed by atoms with Gasteiger partial charge in [0, 0.05) is 0 Å². The quantitative estimate of drug-likeness (QED) is 0.668. The smallest absolute Gasteiger partial charge is 0.278 e. The summed E-state index contributed by atoms with van der Waals surface area (Å²) in [7, 11) is 0. The van der Waals surface area contributed by atoms with Crippen LogP contribution in [0.4, 0.5) is 0 Å². The molecular formula is C16H15N5O4. The number of nitrogens with zero attached hydrogens (tertiary/aromatic N) is 3. The summed E-state index contributed by atoms with van der Waals surface area (Å²) < 4.78 is 6.19. The molecule has 25 heavy (non-hydrogen) atoms. The minimum absolute atomic E-state index is 0.320. The van der Waals surface area contributed by atoms with E-state index in [4.69, 9.17) is 4.42 Å². The van der Waals surface area contributed by atoms with Crippen LogP contribution in [-0.2, 0) is 11.3 Å². The van der Waals surface area contributed by atoms with Crippen molar-refractivity contribution in [2.24, 2.45) is 0 Å². The van der Waals surface area contributed by atoms with E-state index in [-0.39, 0.29) is 6.54 Å². The number of rotatable bonds is 3. The van der Waals surface area contributed by atoms with E-state index in [2.05, 4.69) is 21.2 Å². The first-order valence-corrected chi connectivity index (χ1v) is 7.44. The highest BCUT2D eigenvalue weighted by atomic mass is 16.3. The summed E-state index contributed by atoms with van der Waals surface area (Å²) in [6.07, 6.45) is 0. The molecule has 0 radical (unpaired) electrons. The molecule has 2 aromatic heterocycles. The molecule has 2 heterocycles. The molecule has 0 aliphatic rings. The van der Waals surface area contributed by atoms with E-state index >= 15 is 0 Å². The fourth-order valence-corrected chi connectivity index (χ4v) is 2.35. The van der Waals surface area contributed by atoms with Crippen molar-refractivity contribution in [3.63, 3.8) is 0 Å². The topological polar surface area (TPSA) is 119 Å². The molecule has 9 nitrogen and oxygen atoms in total. The molecule has 3 rings (SSSR count). The predicted molar refractivity (Wildman–Crippen MR) is 87.6 cm³/mol. The molecule has 0 aliphatic carbocycles. The van der Waals surface area contributed by atoms with Crippen LogP contribution in [0.1, 0.15) is 21.9 Å². The number of amides is 2. The zero-order valence-corrected chi connectivity index (χ0v) is 13.6. The number of hydrazine groups is 1. The van der Waals surface area contributed by atoms with Gasteiger partial charge in [-0.05, 0) is 32.0 Å². The van der Waals surface area contributed by atoms with Crippen LogP contribution in [0.3, 0.4) is 0 Å². The third-order valence-corrected chi connectivity index (χ3v) is 3.52. The lowest BCUT2D eigenvalue weighted by atomic mass is 10.2. The lowest BCUT2D eigenvalue weighted by Gasteiger charge is -2.07. The first kappa shape index (κ1) is 16.4. The van der Waals surface area contributed by atoms with Gasteiger partial charge in [-0.2, -0.15) is 0 Å². The average molecular weight is 341 g/mol. The Morgan fingerprint density at radius 2 is 1.96 bits per heavy atom. The second-order valence-corrected chi connectivity index (χ2v) is 5.40. The lowest BCUT2D eigenvalue weighted by molar-refractivity contribution is -0.122. The summed E-state index contributed by atoms with van der Waals surface area (Å²) in [6, 6.07) is 8.26. The molecule has 0 fully saturated rings. The van der Waals surface area contributed by atoms with Crippen molar-refractivity contribution < 1.29 is 14.0 Å². The van der Waals surface area contributed by atoms with Gasteiger partial charge < -0.3 is 4.42 Å². The summed E-state index contributed by atoms with van der Waals surface area (Å²) in [5.41, 5.74) is 4.83. The molecule has 0 unspecified atom stereocenters. The van der Waals surface area contributed by atoms with Crippen molar-refractivity contribution in [1.29, 1.82) is 0 Å². The van der Waals surface area contributed by atoms with E-state index < -0.39 is 17.4 Å². The van der Waals surface area contributed by atoms with Gasteiger partial charge in [-0.25, -0.2) is 4.68 Å². The monoisotopic (exact) mass is 341 g/mol. The molecule has 2 amide bonds. The number of benzene rings is 1. The Kier molecular flexibility index (Phi) is 4.29. The summed E-state index contributed by atoms with van der Waals surface area (Å²) in [5, 5.41) is 7.96. The minimum atomic E-state index is -0.613. The maximum absolute atomic E-state index is 12.3. The summed E-state index contributed by atoms with van der Waals surface area (Å²) in [4.78, 5) is 36.2. The van der Waals surface area contributed by atoms with Gasteiger partial charge >= 0.3 is 0 Å². The number of furan rings is 1. The molecule has 0 bridgehead atoms. The zero-order chi connectivity index (χ0) is 18.0. The highest BCUT2D eigenvalue weighted by Gasteiger charge is 2.15. The van der Waals surface area contributed by atoms with Crippen LogP contribution in [0.15, 0.2) is 39.5 Å². The highest BCUT2D eigenvalue weighted by molar-refractivity contribution is 5.96. The normalized spacial score (nSPS) is 10.6. The second-order valence-electron chi connectivity index (χ2n) is 5.40. The van der Waals surface area contributed by atoms with Gasteiger partial charge in [0.25, 0.3) is 17.4 Å². The minimum Gasteiger partial charge on any atom is -0.466 e. The van der Waals surface area contributed by atoms with Crippen LogP contribution < -0.4 is 16.4 Å². The van der Waals surface area contributed by atoms with E-state index in [0.717, 1.165) is 4.68 Å². The summed E-state index contributed by atoms with van der Waals surface area (Å²) in [5.74, 6) is -0.0922. The molecule has 128 valence electrons. The molecule has 0 saturated heterocycles. The Bertz CT molecular complexity index is 1020. The third-order valence-electron chi connectivity index (χ3n) is 3.52. The Morgan fingerprint density at radius 3 is 2.68 bits per heavy atom. The molecule has 1 aromatic carbocycles. The van der Waals surface area contributed by atoms with Gasteiger partial charge in [-0.1, -0.05) is 17.3 Å². The van der Waals surface area contributed by atoms with Gasteiger partial charge in [0.1, 0.15) is 23.6 Å². The Labute approximate surface area is 141 Å². The van der Waals surface area contributed by atoms with Crippen LogP contribution in [0, 0.1) is 13.8 Å². The van der Waals surface area contributed by atoms with Crippen LogP contribution in [-0.4, -0.2) is 26.8 Å². The predicted octanol–water partition coefficient (Wildman–Crippen LogP) is 0.463. The largest absolute Gasteiger partial charge is 0.466 e. The van der Waals surface area contributed by atoms with E-state index in [1.807, 2.05) is 0 Å². The standard InChI is InChI=1S/C16H15N5O4/c1-9-7-12(10(2)25-9)15(23)19-18-14(22)8-21-16(24)11-5-3-4-6-13(11)17-20-21/h3-7H,8H2,1-2H3,(H,18,22)(H,19,23). The molecule has 3 aromatic rings. The molecular weight excluding hydrogens is 326 g/mol. The van der Waals surface area contributed by atoms with E-state index in [0.29, 0.717) is 28.0 Å². The SMILES string of the molecule is Cc1cc(C(=O)NNC(=O)Cn2nnc3ccccc3c2=O)c(C)o1. The number of aryl methyl sites for hydroxylation is 2. The van der Waals surface area contributed by atoms with Crippen molar-refractivity contribution >= 4 is 22.7 Å². The zero-order valence-electron chi connectivity index (χ0n) is 13.6. The van der Waals surface area contributed by atoms with Crippen molar-refractivity contribution in [3.8, 4) is 0 Å². The fraction of sp³-hybridized carbons (Fsp3) is 0.188. The van der Waals surface area contributed by atoms with Gasteiger partial charge in [0.05, 0.1) is 10.9 Å². The first-order chi connectivity index (χ1) is 12.0. The lowest BCUT2D eigenvalue weighted by Crippen LogP contribution is -2.44. The molecule has 0 spiro atoms. The number of carbonyl (C=O) groups is 2. The number of aromatic nitrogens is 3. The Balaban J connectivity index is 1.67. The number of nitrogens with one attached hydrogen (secondary N) is 2. The first-order valence-electron chi connectivity index (χ1n) is 7.44. The van der Waals surface area contributed by atoms with Crippen molar-refractivity contribution in [2.75, 3.05) is 0 Å². The fourth-order valence-electron chi connectivity index (χ4n) is 2.35. The molecule has 2 N–H and O–H groups in total. The van der Waals surface area contributed by atoms with Gasteiger partial charge in [-0.3, -0.25) is 25.2 Å². The van der Waals surface area contributed by atoms with Crippen molar-refractivity contribution in [3.05, 3.63) is 57.8 Å². The Hall–Kier alpha value is -3.49. The Morgan fingerprint density at radius 1 is 1.20 bits per heavy atom. The molecule has 0 atom stereocenters. The summed E-state index contributed by atoms with van der Waals surface area (Å²) >= 11 is 0. The maximum atomic E-state index is 12.3. The third kappa shape index (κ3) is 3.39. The van der Waals surface area contributed by atoms with Crippen LogP contribution in [0.2, 0.25) is 0 Å². The number of fused-ring (bicyclic) bond motifs is 1.